The molecule has 0 aliphatic rings. The van der Waals surface area contributed by atoms with Gasteiger partial charge < -0.3 is 15.2 Å². The zero-order valence-corrected chi connectivity index (χ0v) is 19.9. The van der Waals surface area contributed by atoms with Crippen molar-refractivity contribution in [3.63, 3.8) is 0 Å². The Morgan fingerprint density at radius 1 is 1.03 bits per heavy atom. The number of aryl methyl sites for hydroxylation is 2. The predicted molar refractivity (Wildman–Crippen MR) is 128 cm³/mol. The number of rotatable bonds is 8. The third-order valence-corrected chi connectivity index (χ3v) is 5.99. The van der Waals surface area contributed by atoms with Crippen molar-refractivity contribution in [3.05, 3.63) is 71.0 Å². The highest BCUT2D eigenvalue weighted by Crippen LogP contribution is 2.24. The first-order valence-corrected chi connectivity index (χ1v) is 11.5. The summed E-state index contributed by atoms with van der Waals surface area (Å²) >= 11 is 1.31. The minimum atomic E-state index is -0.307. The van der Waals surface area contributed by atoms with Crippen LogP contribution in [0, 0.1) is 19.8 Å². The molecule has 0 unspecified atom stereocenters. The first-order valence-electron chi connectivity index (χ1n) is 10.5. The number of carbonyl (C=O) groups is 2. The van der Waals surface area contributed by atoms with E-state index in [1.54, 1.807) is 12.1 Å². The van der Waals surface area contributed by atoms with E-state index in [0.717, 1.165) is 16.8 Å². The van der Waals surface area contributed by atoms with Crippen LogP contribution < -0.4 is 10.6 Å². The highest BCUT2D eigenvalue weighted by molar-refractivity contribution is 7.99. The molecule has 7 nitrogen and oxygen atoms in total. The molecule has 0 radical (unpaired) electrons. The summed E-state index contributed by atoms with van der Waals surface area (Å²) in [4.78, 5) is 25.1. The lowest BCUT2D eigenvalue weighted by Gasteiger charge is -2.21. The van der Waals surface area contributed by atoms with Gasteiger partial charge in [0.1, 0.15) is 0 Å². The normalized spacial score (nSPS) is 11.9. The van der Waals surface area contributed by atoms with Gasteiger partial charge in [-0.05, 0) is 55.2 Å². The second-order valence-electron chi connectivity index (χ2n) is 8.17. The first kappa shape index (κ1) is 23.5. The van der Waals surface area contributed by atoms with Crippen molar-refractivity contribution in [1.29, 1.82) is 0 Å². The van der Waals surface area contributed by atoms with Crippen molar-refractivity contribution in [2.45, 2.75) is 38.9 Å². The molecular formula is C24H29N5O2S. The third-order valence-electron chi connectivity index (χ3n) is 4.97. The maximum Gasteiger partial charge on any atom is 0.251 e. The van der Waals surface area contributed by atoms with E-state index in [4.69, 9.17) is 0 Å². The number of hydrogen-bond donors (Lipinski definition) is 2. The van der Waals surface area contributed by atoms with Crippen molar-refractivity contribution in [2.75, 3.05) is 11.1 Å². The van der Waals surface area contributed by atoms with Crippen molar-refractivity contribution in [3.8, 4) is 0 Å². The van der Waals surface area contributed by atoms with Gasteiger partial charge in [-0.3, -0.25) is 9.59 Å². The van der Waals surface area contributed by atoms with Crippen molar-refractivity contribution in [1.82, 2.24) is 20.1 Å². The summed E-state index contributed by atoms with van der Waals surface area (Å²) in [5.41, 5.74) is 3.58. The molecule has 2 aromatic carbocycles. The molecule has 0 saturated carbocycles. The lowest BCUT2D eigenvalue weighted by atomic mass is 10.0. The molecule has 2 N–H and O–H groups in total. The molecule has 3 rings (SSSR count). The van der Waals surface area contributed by atoms with Gasteiger partial charge >= 0.3 is 0 Å². The zero-order valence-electron chi connectivity index (χ0n) is 19.0. The quantitative estimate of drug-likeness (QED) is 0.499. The van der Waals surface area contributed by atoms with Crippen LogP contribution in [0.15, 0.2) is 53.7 Å². The molecule has 3 aromatic rings. The van der Waals surface area contributed by atoms with Crippen LogP contribution in [0.5, 0.6) is 0 Å². The molecular weight excluding hydrogens is 422 g/mol. The van der Waals surface area contributed by atoms with Crippen molar-refractivity contribution in [2.24, 2.45) is 13.0 Å². The molecule has 0 saturated heterocycles. The van der Waals surface area contributed by atoms with Gasteiger partial charge in [0.15, 0.2) is 11.0 Å². The van der Waals surface area contributed by atoms with Crippen molar-refractivity contribution < 1.29 is 9.59 Å². The van der Waals surface area contributed by atoms with E-state index in [9.17, 15) is 9.59 Å². The maximum atomic E-state index is 12.7. The van der Waals surface area contributed by atoms with E-state index < -0.39 is 0 Å². The van der Waals surface area contributed by atoms with Gasteiger partial charge in [0.05, 0.1) is 11.8 Å². The van der Waals surface area contributed by atoms with Gasteiger partial charge in [0.2, 0.25) is 5.91 Å². The monoisotopic (exact) mass is 451 g/mol. The van der Waals surface area contributed by atoms with Crippen LogP contribution in [0.25, 0.3) is 0 Å². The third kappa shape index (κ3) is 5.97. The average molecular weight is 452 g/mol. The van der Waals surface area contributed by atoms with E-state index in [1.807, 2.05) is 69.6 Å². The van der Waals surface area contributed by atoms with Crippen LogP contribution in [-0.4, -0.2) is 32.3 Å². The highest BCUT2D eigenvalue weighted by Gasteiger charge is 2.25. The number of anilines is 1. The minimum Gasteiger partial charge on any atom is -0.342 e. The predicted octanol–water partition coefficient (Wildman–Crippen LogP) is 4.29. The second-order valence-corrected chi connectivity index (χ2v) is 9.12. The van der Waals surface area contributed by atoms with Gasteiger partial charge in [-0.2, -0.15) is 0 Å². The lowest BCUT2D eigenvalue weighted by Crippen LogP contribution is -2.33. The van der Waals surface area contributed by atoms with E-state index >= 15 is 0 Å². The molecule has 0 aliphatic heterocycles. The van der Waals surface area contributed by atoms with E-state index in [-0.39, 0.29) is 29.5 Å². The summed E-state index contributed by atoms with van der Waals surface area (Å²) in [6, 6.07) is 14.7. The SMILES string of the molecule is Cc1cc(C)cc(NC(=O)CSc2nnc([C@H](NC(=O)c3ccccc3)C(C)C)n2C)c1. The molecule has 1 atom stereocenters. The number of nitrogens with one attached hydrogen (secondary N) is 2. The topological polar surface area (TPSA) is 88.9 Å². The second kappa shape index (κ2) is 10.5. The largest absolute Gasteiger partial charge is 0.342 e. The van der Waals surface area contributed by atoms with Crippen LogP contribution in [0.2, 0.25) is 0 Å². The summed E-state index contributed by atoms with van der Waals surface area (Å²) < 4.78 is 1.84. The number of thioether (sulfide) groups is 1. The Balaban J connectivity index is 1.66. The van der Waals surface area contributed by atoms with Crippen LogP contribution in [0.4, 0.5) is 5.69 Å². The highest BCUT2D eigenvalue weighted by atomic mass is 32.2. The summed E-state index contributed by atoms with van der Waals surface area (Å²) in [5.74, 6) is 0.705. The first-order chi connectivity index (χ1) is 15.2. The fourth-order valence-corrected chi connectivity index (χ4v) is 4.16. The minimum absolute atomic E-state index is 0.108. The van der Waals surface area contributed by atoms with Crippen molar-refractivity contribution >= 4 is 29.3 Å². The molecule has 0 bridgehead atoms. The molecule has 168 valence electrons. The van der Waals surface area contributed by atoms with Gasteiger partial charge in [-0.15, -0.1) is 10.2 Å². The number of hydrogen-bond acceptors (Lipinski definition) is 5. The van der Waals surface area contributed by atoms with Crippen LogP contribution in [0.1, 0.15) is 47.2 Å². The molecule has 0 fully saturated rings. The number of carbonyl (C=O) groups excluding carboxylic acids is 2. The molecule has 0 aliphatic carbocycles. The fourth-order valence-electron chi connectivity index (χ4n) is 3.44. The molecule has 1 aromatic heterocycles. The Kier molecular flexibility index (Phi) is 7.69. The smallest absolute Gasteiger partial charge is 0.251 e. The molecule has 32 heavy (non-hydrogen) atoms. The standard InChI is InChI=1S/C24H29N5O2S/c1-15(2)21(26-23(31)18-9-7-6-8-10-18)22-27-28-24(29(22)5)32-14-20(30)25-19-12-16(3)11-17(4)13-19/h6-13,15,21H,14H2,1-5H3,(H,25,30)(H,26,31)/t21-/m1/s1. The fraction of sp³-hybridized carbons (Fsp3) is 0.333. The molecule has 0 spiro atoms. The van der Waals surface area contributed by atoms with Crippen LogP contribution in [0.3, 0.4) is 0 Å². The Morgan fingerprint density at radius 3 is 2.31 bits per heavy atom. The molecule has 1 heterocycles. The van der Waals surface area contributed by atoms with E-state index in [2.05, 4.69) is 26.9 Å². The number of benzene rings is 2. The zero-order chi connectivity index (χ0) is 23.3. The molecule has 8 heteroatoms. The van der Waals surface area contributed by atoms with Crippen LogP contribution in [-0.2, 0) is 11.8 Å². The Morgan fingerprint density at radius 2 is 1.69 bits per heavy atom. The van der Waals surface area contributed by atoms with Gasteiger partial charge in [-0.25, -0.2) is 0 Å². The van der Waals surface area contributed by atoms with E-state index in [0.29, 0.717) is 16.5 Å². The summed E-state index contributed by atoms with van der Waals surface area (Å²) in [5, 5.41) is 15.2. The number of nitrogens with zero attached hydrogens (tertiary/aromatic N) is 3. The lowest BCUT2D eigenvalue weighted by molar-refractivity contribution is -0.113. The van der Waals surface area contributed by atoms with E-state index in [1.165, 1.54) is 11.8 Å². The average Bonchev–Trinajstić information content (AvgIpc) is 3.10. The Labute approximate surface area is 193 Å². The number of amides is 2. The molecule has 2 amide bonds. The maximum absolute atomic E-state index is 12.7. The summed E-state index contributed by atoms with van der Waals surface area (Å²) in [6.07, 6.45) is 0. The van der Waals surface area contributed by atoms with Crippen LogP contribution >= 0.6 is 11.8 Å². The summed E-state index contributed by atoms with van der Waals surface area (Å²) in [6.45, 7) is 8.05. The Hall–Kier alpha value is -3.13. The van der Waals surface area contributed by atoms with Gasteiger partial charge in [0.25, 0.3) is 5.91 Å². The number of aromatic nitrogens is 3. The van der Waals surface area contributed by atoms with Gasteiger partial charge in [0, 0.05) is 18.3 Å². The van der Waals surface area contributed by atoms with Gasteiger partial charge in [-0.1, -0.05) is 49.9 Å². The Bertz CT molecular complexity index is 1070. The summed E-state index contributed by atoms with van der Waals surface area (Å²) in [7, 11) is 1.85.